The molecule has 1 aliphatic rings. The van der Waals surface area contributed by atoms with E-state index in [2.05, 4.69) is 5.32 Å². The minimum Gasteiger partial charge on any atom is -0.306 e. The second kappa shape index (κ2) is 3.12. The topological polar surface area (TPSA) is 12.0 Å². The normalized spacial score (nSPS) is 37.5. The van der Waals surface area contributed by atoms with Gasteiger partial charge in [-0.15, -0.1) is 0 Å². The SMILES string of the molecule is CNC1(C(F)(F)F)CC(C)(C)CC1C. The highest BCUT2D eigenvalue weighted by molar-refractivity contribution is 5.07. The maximum absolute atomic E-state index is 12.9. The molecule has 0 radical (unpaired) electrons. The molecule has 2 unspecified atom stereocenters. The first-order valence-electron chi connectivity index (χ1n) is 4.90. The smallest absolute Gasteiger partial charge is 0.306 e. The molecule has 1 nitrogen and oxygen atoms in total. The first-order chi connectivity index (χ1) is 6.15. The number of alkyl halides is 3. The third kappa shape index (κ3) is 1.64. The van der Waals surface area contributed by atoms with Crippen LogP contribution in [-0.4, -0.2) is 18.8 Å². The largest absolute Gasteiger partial charge is 0.406 e. The summed E-state index contributed by atoms with van der Waals surface area (Å²) in [7, 11) is 1.41. The van der Waals surface area contributed by atoms with Gasteiger partial charge < -0.3 is 5.32 Å². The van der Waals surface area contributed by atoms with E-state index in [4.69, 9.17) is 0 Å². The fourth-order valence-electron chi connectivity index (χ4n) is 2.86. The molecule has 0 amide bonds. The zero-order valence-corrected chi connectivity index (χ0v) is 9.13. The zero-order chi connectivity index (χ0) is 11.2. The van der Waals surface area contributed by atoms with Gasteiger partial charge in [-0.2, -0.15) is 13.2 Å². The van der Waals surface area contributed by atoms with Gasteiger partial charge in [0.25, 0.3) is 0 Å². The fourth-order valence-corrected chi connectivity index (χ4v) is 2.86. The van der Waals surface area contributed by atoms with Gasteiger partial charge in [0.15, 0.2) is 0 Å². The third-order valence-electron chi connectivity index (χ3n) is 3.41. The van der Waals surface area contributed by atoms with E-state index in [0.29, 0.717) is 6.42 Å². The first kappa shape index (κ1) is 11.8. The monoisotopic (exact) mass is 209 g/mol. The van der Waals surface area contributed by atoms with Crippen LogP contribution in [0.5, 0.6) is 0 Å². The van der Waals surface area contributed by atoms with E-state index in [9.17, 15) is 13.2 Å². The van der Waals surface area contributed by atoms with Crippen molar-refractivity contribution in [3.05, 3.63) is 0 Å². The van der Waals surface area contributed by atoms with Crippen molar-refractivity contribution in [2.45, 2.75) is 45.3 Å². The number of halogens is 3. The molecule has 0 aliphatic heterocycles. The Bertz CT molecular complexity index is 222. The highest BCUT2D eigenvalue weighted by Crippen LogP contribution is 2.53. The molecule has 1 aliphatic carbocycles. The summed E-state index contributed by atoms with van der Waals surface area (Å²) in [4.78, 5) is 0. The minimum atomic E-state index is -4.16. The van der Waals surface area contributed by atoms with E-state index >= 15 is 0 Å². The van der Waals surface area contributed by atoms with Crippen molar-refractivity contribution in [3.8, 4) is 0 Å². The molecule has 0 aromatic rings. The van der Waals surface area contributed by atoms with Gasteiger partial charge in [-0.05, 0) is 31.2 Å². The summed E-state index contributed by atoms with van der Waals surface area (Å²) in [5.74, 6) is -0.359. The number of hydrogen-bond acceptors (Lipinski definition) is 1. The van der Waals surface area contributed by atoms with Crippen molar-refractivity contribution >= 4 is 0 Å². The van der Waals surface area contributed by atoms with Gasteiger partial charge in [-0.3, -0.25) is 0 Å². The Balaban J connectivity index is 3.03. The van der Waals surface area contributed by atoms with Gasteiger partial charge in [0, 0.05) is 0 Å². The third-order valence-corrected chi connectivity index (χ3v) is 3.41. The lowest BCUT2D eigenvalue weighted by molar-refractivity contribution is -0.205. The number of hydrogen-bond donors (Lipinski definition) is 1. The Labute approximate surface area is 83.1 Å². The molecule has 1 rings (SSSR count). The van der Waals surface area contributed by atoms with Crippen molar-refractivity contribution in [1.29, 1.82) is 0 Å². The Morgan fingerprint density at radius 1 is 1.29 bits per heavy atom. The highest BCUT2D eigenvalue weighted by Gasteiger charge is 2.62. The van der Waals surface area contributed by atoms with Crippen LogP contribution in [0.15, 0.2) is 0 Å². The van der Waals surface area contributed by atoms with Gasteiger partial charge >= 0.3 is 6.18 Å². The van der Waals surface area contributed by atoms with E-state index in [0.717, 1.165) is 0 Å². The average molecular weight is 209 g/mol. The summed E-state index contributed by atoms with van der Waals surface area (Å²) >= 11 is 0. The molecule has 0 saturated heterocycles. The lowest BCUT2D eigenvalue weighted by Crippen LogP contribution is -2.57. The summed E-state index contributed by atoms with van der Waals surface area (Å²) in [6.07, 6.45) is -3.37. The highest BCUT2D eigenvalue weighted by atomic mass is 19.4. The van der Waals surface area contributed by atoms with Crippen LogP contribution >= 0.6 is 0 Å². The Hall–Kier alpha value is -0.250. The van der Waals surface area contributed by atoms with Crippen LogP contribution in [0.2, 0.25) is 0 Å². The predicted molar refractivity (Wildman–Crippen MR) is 50.0 cm³/mol. The quantitative estimate of drug-likeness (QED) is 0.700. The van der Waals surface area contributed by atoms with Crippen LogP contribution in [0, 0.1) is 11.3 Å². The molecule has 84 valence electrons. The maximum Gasteiger partial charge on any atom is 0.406 e. The molecule has 0 heterocycles. The molecule has 0 aromatic heterocycles. The van der Waals surface area contributed by atoms with Crippen molar-refractivity contribution in [3.63, 3.8) is 0 Å². The van der Waals surface area contributed by atoms with Gasteiger partial charge in [0.05, 0.1) is 0 Å². The molecule has 0 bridgehead atoms. The Morgan fingerprint density at radius 3 is 1.93 bits per heavy atom. The Morgan fingerprint density at radius 2 is 1.79 bits per heavy atom. The van der Waals surface area contributed by atoms with Gasteiger partial charge in [-0.1, -0.05) is 20.8 Å². The van der Waals surface area contributed by atoms with Crippen molar-refractivity contribution in [1.82, 2.24) is 5.32 Å². The summed E-state index contributed by atoms with van der Waals surface area (Å²) in [6.45, 7) is 5.47. The van der Waals surface area contributed by atoms with Crippen LogP contribution in [0.25, 0.3) is 0 Å². The molecule has 1 N–H and O–H groups in total. The van der Waals surface area contributed by atoms with Crippen LogP contribution in [0.3, 0.4) is 0 Å². The summed E-state index contributed by atoms with van der Waals surface area (Å²) in [5, 5.41) is 2.50. The molecule has 14 heavy (non-hydrogen) atoms. The Kier molecular flexibility index (Phi) is 2.64. The van der Waals surface area contributed by atoms with Crippen LogP contribution in [0.4, 0.5) is 13.2 Å². The minimum absolute atomic E-state index is 0.168. The number of rotatable bonds is 1. The van der Waals surface area contributed by atoms with Crippen LogP contribution < -0.4 is 5.32 Å². The second-order valence-electron chi connectivity index (χ2n) is 5.17. The first-order valence-corrected chi connectivity index (χ1v) is 4.90. The van der Waals surface area contributed by atoms with Gasteiger partial charge in [0.2, 0.25) is 0 Å². The van der Waals surface area contributed by atoms with E-state index in [1.54, 1.807) is 6.92 Å². The standard InChI is InChI=1S/C10H18F3N/c1-7-5-8(2,3)6-9(7,14-4)10(11,12)13/h7,14H,5-6H2,1-4H3. The van der Waals surface area contributed by atoms with Gasteiger partial charge in [0.1, 0.15) is 5.54 Å². The zero-order valence-electron chi connectivity index (χ0n) is 9.13. The van der Waals surface area contributed by atoms with Gasteiger partial charge in [-0.25, -0.2) is 0 Å². The molecule has 1 fully saturated rings. The molecular formula is C10H18F3N. The second-order valence-corrected chi connectivity index (χ2v) is 5.17. The van der Waals surface area contributed by atoms with Crippen molar-refractivity contribution in [2.24, 2.45) is 11.3 Å². The van der Waals surface area contributed by atoms with Crippen molar-refractivity contribution in [2.75, 3.05) is 7.05 Å². The van der Waals surface area contributed by atoms with E-state index in [-0.39, 0.29) is 17.8 Å². The summed E-state index contributed by atoms with van der Waals surface area (Å²) in [6, 6.07) is 0. The van der Waals surface area contributed by atoms with E-state index in [1.165, 1.54) is 7.05 Å². The summed E-state index contributed by atoms with van der Waals surface area (Å²) in [5.41, 5.74) is -1.91. The van der Waals surface area contributed by atoms with Crippen molar-refractivity contribution < 1.29 is 13.2 Å². The molecule has 1 saturated carbocycles. The predicted octanol–water partition coefficient (Wildman–Crippen LogP) is 2.96. The van der Waals surface area contributed by atoms with Crippen LogP contribution in [0.1, 0.15) is 33.6 Å². The average Bonchev–Trinajstić information content (AvgIpc) is 2.19. The van der Waals surface area contributed by atoms with Crippen LogP contribution in [-0.2, 0) is 0 Å². The maximum atomic E-state index is 12.9. The fraction of sp³-hybridized carbons (Fsp3) is 1.00. The summed E-state index contributed by atoms with van der Waals surface area (Å²) < 4.78 is 38.8. The molecular weight excluding hydrogens is 191 g/mol. The van der Waals surface area contributed by atoms with E-state index < -0.39 is 11.7 Å². The molecule has 0 aromatic carbocycles. The van der Waals surface area contributed by atoms with E-state index in [1.807, 2.05) is 13.8 Å². The molecule has 4 heteroatoms. The molecule has 0 spiro atoms. The number of nitrogens with one attached hydrogen (secondary N) is 1. The lowest BCUT2D eigenvalue weighted by Gasteiger charge is -2.36. The lowest BCUT2D eigenvalue weighted by atomic mass is 9.86. The molecule has 2 atom stereocenters.